The van der Waals surface area contributed by atoms with Crippen LogP contribution in [0, 0.1) is 63.6 Å². The molecule has 3 saturated heterocycles. The average Bonchev–Trinajstić information content (AvgIpc) is 1.59. The lowest BCUT2D eigenvalue weighted by Crippen LogP contribution is -2.43. The van der Waals surface area contributed by atoms with Gasteiger partial charge in [0.2, 0.25) is 16.8 Å². The highest BCUT2D eigenvalue weighted by Gasteiger charge is 2.61. The van der Waals surface area contributed by atoms with Crippen LogP contribution in [-0.4, -0.2) is 209 Å². The molecule has 40 nitrogen and oxygen atoms in total. The van der Waals surface area contributed by atoms with Gasteiger partial charge in [-0.15, -0.1) is 0 Å². The van der Waals surface area contributed by atoms with E-state index in [1.165, 1.54) is 71.1 Å². The average molecular weight is 1880 g/mol. The summed E-state index contributed by atoms with van der Waals surface area (Å²) in [6.07, 6.45) is -3.44. The van der Waals surface area contributed by atoms with Crippen molar-refractivity contribution in [2.45, 2.75) is 224 Å². The number of anilines is 3. The number of aromatic nitrogens is 6. The Bertz CT molecular complexity index is 5130. The summed E-state index contributed by atoms with van der Waals surface area (Å²) in [5.74, 6) is -2.21. The number of nitriles is 3. The van der Waals surface area contributed by atoms with Crippen LogP contribution in [0.4, 0.5) is 17.1 Å². The van der Waals surface area contributed by atoms with E-state index in [2.05, 4.69) is 30.6 Å². The Kier molecular flexibility index (Phi) is 37.6. The Labute approximate surface area is 760 Å². The number of carbonyl (C=O) groups is 4. The minimum atomic E-state index is -4.31. The van der Waals surface area contributed by atoms with E-state index in [4.69, 9.17) is 73.0 Å². The number of ether oxygens (including phenoxy) is 7. The molecule has 714 valence electrons. The van der Waals surface area contributed by atoms with Gasteiger partial charge in [-0.1, -0.05) is 150 Å². The van der Waals surface area contributed by atoms with Gasteiger partial charge in [0.15, 0.2) is 0 Å². The van der Waals surface area contributed by atoms with E-state index < -0.39 is 162 Å². The highest BCUT2D eigenvalue weighted by molar-refractivity contribution is 7.55. The number of esters is 4. The highest BCUT2D eigenvalue weighted by atomic mass is 31.2. The van der Waals surface area contributed by atoms with Crippen molar-refractivity contribution < 1.29 is 119 Å². The number of aliphatic hydroxyl groups excluding tert-OH is 6. The van der Waals surface area contributed by atoms with Crippen molar-refractivity contribution in [2.24, 2.45) is 29.6 Å². The fourth-order valence-corrected chi connectivity index (χ4v) is 19.9. The molecule has 0 amide bonds. The Hall–Kier alpha value is -10.1. The summed E-state index contributed by atoms with van der Waals surface area (Å²) in [7, 11) is -12.7. The Balaban J connectivity index is 0.000000222. The number of carbonyl (C=O) groups excluding carboxylic acids is 4. The molecule has 2 unspecified atom stereocenters. The second-order valence-corrected chi connectivity index (χ2v) is 38.1. The van der Waals surface area contributed by atoms with Gasteiger partial charge in [0, 0.05) is 18.6 Å². The van der Waals surface area contributed by atoms with E-state index in [0.29, 0.717) is 33.6 Å². The van der Waals surface area contributed by atoms with Gasteiger partial charge in [0.1, 0.15) is 103 Å². The van der Waals surface area contributed by atoms with E-state index in [1.807, 2.05) is 73.6 Å². The first kappa shape index (κ1) is 105. The van der Waals surface area contributed by atoms with Crippen molar-refractivity contribution in [1.29, 1.82) is 15.8 Å². The second kappa shape index (κ2) is 47.0. The summed E-state index contributed by atoms with van der Waals surface area (Å²) in [6.45, 7) is 21.0. The quantitative estimate of drug-likeness (QED) is 0.00960. The molecular formula is C88H122N15O25P3. The summed E-state index contributed by atoms with van der Waals surface area (Å²) in [5.41, 5.74) is 14.8. The molecule has 3 fully saturated rings. The lowest BCUT2D eigenvalue weighted by Gasteiger charge is -2.28. The number of para-hydroxylation sites is 2. The number of nitrogens with one attached hydrogen (secondary N) is 3. The number of benzene rings is 2. The van der Waals surface area contributed by atoms with Crippen molar-refractivity contribution in [2.75, 3.05) is 69.6 Å². The van der Waals surface area contributed by atoms with Crippen LogP contribution >= 0.6 is 23.0 Å². The van der Waals surface area contributed by atoms with Crippen molar-refractivity contribution in [3.63, 3.8) is 0 Å². The molecule has 6 aromatic heterocycles. The molecule has 0 saturated carbocycles. The molecule has 131 heavy (non-hydrogen) atoms. The number of nitrogens with two attached hydrogens (primary N) is 3. The van der Waals surface area contributed by atoms with Crippen LogP contribution in [0.3, 0.4) is 0 Å². The lowest BCUT2D eigenvalue weighted by atomic mass is 9.92. The molecule has 0 bridgehead atoms. The van der Waals surface area contributed by atoms with E-state index in [1.54, 1.807) is 104 Å². The van der Waals surface area contributed by atoms with Gasteiger partial charge in [-0.25, -0.2) is 32.9 Å². The smallest absolute Gasteiger partial charge is 0.459 e. The van der Waals surface area contributed by atoms with Gasteiger partial charge in [-0.3, -0.25) is 32.8 Å². The maximum atomic E-state index is 14.2. The van der Waals surface area contributed by atoms with Gasteiger partial charge >= 0.3 is 46.9 Å². The SMILES string of the molecule is CCC(CC)COC(=O)[C@@H](C)CP(=O)(OC[C@H]1O[C@@](C#N)(c2ccc3c(N)ccnn23)[C@H](O)[C@@H]1O)Oc1ccccc1.CCC(CC)COC(=O)[C@H](C)NP(=O)(N[C@@H](C)C(=O)OCC(CC)CC)OC[C@H]1O[C@@](C#N)(c2ccc3c(N)ccnn23)[C@H](O)[C@@H]1O.CCC(CC)COC(=O)[C@H](C)NP(=O)(OC[C@H]1O[C@@](C#N)(c2ccc3c(N)ccnn23)[C@H](O)[C@@H]1O)Oc1ccccc1. The maximum Gasteiger partial charge on any atom is 0.459 e. The molecule has 0 radical (unpaired) electrons. The minimum Gasteiger partial charge on any atom is -0.465 e. The fourth-order valence-electron chi connectivity index (χ4n) is 14.8. The van der Waals surface area contributed by atoms with Gasteiger partial charge in [0.05, 0.1) is 109 Å². The third-order valence-electron chi connectivity index (χ3n) is 23.5. The van der Waals surface area contributed by atoms with Crippen LogP contribution in [0.15, 0.2) is 134 Å². The van der Waals surface area contributed by atoms with Crippen LogP contribution in [0.1, 0.15) is 152 Å². The van der Waals surface area contributed by atoms with Crippen molar-refractivity contribution in [3.8, 4) is 29.7 Å². The fraction of sp³-hybridized carbons (Fsp3) is 0.545. The van der Waals surface area contributed by atoms with E-state index in [9.17, 15) is 79.3 Å². The summed E-state index contributed by atoms with van der Waals surface area (Å²) in [4.78, 5) is 51.1. The standard InChI is InChI=1S/C31H49N6O9P.C29H37N4O8P.C28H36N5O8P/c1-7-21(8-2)15-43-29(40)19(5)35-47(42,36-20(6)30(41)44-16-22(9-3)10-4)45-17-25-27(38)28(39)31(18-32,46-25)26-12-11-24-23(33)13-14-34-37(24)26;1-4-20(5-2)15-38-28(36)19(3)17-42(37,41-21-9-7-6-8-10-21)39-16-24-26(34)27(35)29(18-30,40-24)25-12-11-23-22(31)13-14-32-33(23)25;1-4-19(5-2)15-38-27(36)18(3)32-42(37,41-20-9-7-6-8-10-20)39-16-23-25(34)26(35)28(17-29,40-23)24-12-11-22-21(30)13-14-31-33(22)24/h11-14,19-22,25,27-28,38-39H,7-10,15-17,33H2,1-6H3,(H2,35,36,42);6-14,19-20,24,26-27,34-35H,4-5,15-17,31H2,1-3H3;6-14,18-19,23,25-26,34-35H,4-5,15-16,30H2,1-3H3,(H,32,37)/t19-,20-,25+,27+,28+,31-;19-,24+,26+,27+,29-,42?;18-,23+,25+,26+,28-,42?/m000/s1. The third-order valence-corrected chi connectivity index (χ3v) is 29.1. The minimum absolute atomic E-state index is 0.110. The van der Waals surface area contributed by atoms with Crippen molar-refractivity contribution in [1.82, 2.24) is 44.1 Å². The van der Waals surface area contributed by atoms with E-state index >= 15 is 0 Å². The number of hydrogen-bond donors (Lipinski definition) is 12. The summed E-state index contributed by atoms with van der Waals surface area (Å²) in [5, 5.41) is 117. The van der Waals surface area contributed by atoms with Gasteiger partial charge < -0.3 is 94.6 Å². The molecule has 18 atom stereocenters. The lowest BCUT2D eigenvalue weighted by molar-refractivity contribution is -0.149. The maximum absolute atomic E-state index is 14.2. The molecular weight excluding hydrogens is 1760 g/mol. The Morgan fingerprint density at radius 1 is 0.427 bits per heavy atom. The summed E-state index contributed by atoms with van der Waals surface area (Å²) >= 11 is 0. The number of nitrogen functional groups attached to an aromatic ring is 3. The highest BCUT2D eigenvalue weighted by Crippen LogP contribution is 2.53. The number of rotatable bonds is 44. The predicted molar refractivity (Wildman–Crippen MR) is 478 cm³/mol. The monoisotopic (exact) mass is 1880 g/mol. The molecule has 11 rings (SSSR count). The predicted octanol–water partition coefficient (Wildman–Crippen LogP) is 9.37. The zero-order valence-corrected chi connectivity index (χ0v) is 78.1. The van der Waals surface area contributed by atoms with Crippen LogP contribution in [-0.2, 0) is 96.4 Å². The van der Waals surface area contributed by atoms with E-state index in [-0.39, 0.29) is 84.8 Å². The van der Waals surface area contributed by atoms with Crippen molar-refractivity contribution >= 4 is 80.5 Å². The number of aliphatic hydroxyl groups is 6. The molecule has 3 aliphatic rings. The van der Waals surface area contributed by atoms with Gasteiger partial charge in [0.25, 0.3) is 0 Å². The van der Waals surface area contributed by atoms with Gasteiger partial charge in [-0.2, -0.15) is 36.2 Å². The third kappa shape index (κ3) is 24.9. The molecule has 15 N–H and O–H groups in total. The zero-order valence-electron chi connectivity index (χ0n) is 75.4. The number of hydrogen-bond acceptors (Lipinski definition) is 34. The Morgan fingerprint density at radius 2 is 0.725 bits per heavy atom. The summed E-state index contributed by atoms with van der Waals surface area (Å²) < 4.78 is 114. The first-order valence-electron chi connectivity index (χ1n) is 43.7. The van der Waals surface area contributed by atoms with Gasteiger partial charge in [-0.05, 0) is 123 Å². The number of fused-ring (bicyclic) bond motifs is 3. The molecule has 2 aromatic carbocycles. The van der Waals surface area contributed by atoms with Crippen LogP contribution in [0.5, 0.6) is 11.5 Å². The topological polar surface area (TPSA) is 589 Å². The largest absolute Gasteiger partial charge is 0.465 e. The zero-order chi connectivity index (χ0) is 95.9. The molecule has 3 aliphatic heterocycles. The molecule has 0 spiro atoms. The molecule has 9 heterocycles. The van der Waals surface area contributed by atoms with Crippen LogP contribution < -0.4 is 41.5 Å². The molecule has 43 heteroatoms. The normalized spacial score (nSPS) is 23.7. The first-order valence-corrected chi connectivity index (χ1v) is 48.6. The first-order chi connectivity index (χ1) is 62.4. The molecule has 8 aromatic rings. The molecule has 0 aliphatic carbocycles. The number of nitrogens with zero attached hydrogens (tertiary/aromatic N) is 9. The van der Waals surface area contributed by atoms with Crippen molar-refractivity contribution in [3.05, 3.63) is 151 Å². The van der Waals surface area contributed by atoms with E-state index in [0.717, 1.165) is 51.4 Å². The second-order valence-electron chi connectivity index (χ2n) is 32.5. The Morgan fingerprint density at radius 3 is 1.05 bits per heavy atom. The summed E-state index contributed by atoms with van der Waals surface area (Å²) in [6, 6.07) is 33.1. The van der Waals surface area contributed by atoms with Crippen LogP contribution in [0.25, 0.3) is 16.6 Å². The van der Waals surface area contributed by atoms with Crippen LogP contribution in [0.2, 0.25) is 0 Å².